The Morgan fingerprint density at radius 3 is 2.87 bits per heavy atom. The van der Waals surface area contributed by atoms with E-state index in [1.54, 1.807) is 25.2 Å². The van der Waals surface area contributed by atoms with Gasteiger partial charge in [0, 0.05) is 34.6 Å². The summed E-state index contributed by atoms with van der Waals surface area (Å²) in [6.45, 7) is -0.584. The van der Waals surface area contributed by atoms with Gasteiger partial charge in [0.05, 0.1) is 0 Å². The zero-order chi connectivity index (χ0) is 32.1. The van der Waals surface area contributed by atoms with Gasteiger partial charge in [-0.3, -0.25) is 24.1 Å². The molecule has 2 aliphatic rings. The number of rotatable bonds is 13. The molecule has 4 heterocycles. The third-order valence-corrected chi connectivity index (χ3v) is 9.54. The van der Waals surface area contributed by atoms with Gasteiger partial charge in [-0.1, -0.05) is 34.6 Å². The van der Waals surface area contributed by atoms with Gasteiger partial charge in [0.15, 0.2) is 17.5 Å². The van der Waals surface area contributed by atoms with Crippen LogP contribution in [0.4, 0.5) is 10.8 Å². The molecule has 4 amide bonds. The number of fused-ring (bicyclic) bond motifs is 1. The average molecular weight is 693 g/mol. The molecule has 234 valence electrons. The van der Waals surface area contributed by atoms with Crippen LogP contribution in [0.25, 0.3) is 0 Å². The number of aliphatic carboxylic acids is 1. The summed E-state index contributed by atoms with van der Waals surface area (Å²) in [5.41, 5.74) is 0.377. The Balaban J connectivity index is 1.28. The number of halogens is 1. The molecule has 0 aliphatic carbocycles. The van der Waals surface area contributed by atoms with Crippen molar-refractivity contribution in [2.75, 3.05) is 28.7 Å². The Morgan fingerprint density at radius 1 is 1.33 bits per heavy atom. The first-order valence-corrected chi connectivity index (χ1v) is 15.9. The Morgan fingerprint density at radius 2 is 2.16 bits per heavy atom. The second-order valence-electron chi connectivity index (χ2n) is 9.06. The Bertz CT molecular complexity index is 1730. The highest BCUT2D eigenvalue weighted by molar-refractivity contribution is 8.01. The van der Waals surface area contributed by atoms with Crippen LogP contribution in [-0.2, 0) is 35.9 Å². The largest absolute Gasteiger partial charge is 0.477 e. The maximum absolute atomic E-state index is 13.4. The number of thiazole rings is 1. The van der Waals surface area contributed by atoms with E-state index in [9.17, 15) is 29.1 Å². The Hall–Kier alpha value is -4.53. The molecule has 2 aromatic heterocycles. The van der Waals surface area contributed by atoms with E-state index in [0.717, 1.165) is 16.2 Å². The van der Waals surface area contributed by atoms with Crippen molar-refractivity contribution in [3.05, 3.63) is 51.6 Å². The van der Waals surface area contributed by atoms with Crippen LogP contribution in [0.2, 0.25) is 5.02 Å². The Labute approximate surface area is 270 Å². The van der Waals surface area contributed by atoms with Crippen LogP contribution in [0, 0.1) is 0 Å². The second-order valence-corrected chi connectivity index (χ2v) is 12.4. The number of hydrogen-bond donors (Lipinski definition) is 4. The lowest BCUT2D eigenvalue weighted by molar-refractivity contribution is -0.150. The summed E-state index contributed by atoms with van der Waals surface area (Å²) in [5, 5.41) is 34.2. The first-order valence-electron chi connectivity index (χ1n) is 12.6. The van der Waals surface area contributed by atoms with Crippen molar-refractivity contribution in [3.63, 3.8) is 0 Å². The number of thioether (sulfide) groups is 2. The van der Waals surface area contributed by atoms with Crippen LogP contribution in [0.15, 0.2) is 51.2 Å². The molecule has 3 aromatic rings. The number of hydrogen-bond acceptors (Lipinski definition) is 14. The standard InChI is InChI=1S/C24H21ClN10O7S3/c1-34-24(30-32-33-34)45-8-11-7-43-21-17(20(39)35(21)18(11)22(40)41)29-19(38)16(14-9-44-23(28-14)26-10-36)31-42-6-15(37)27-13-4-2-3-12(25)5-13/h2-5,9-10,17,21H,6-8H2,1H3,(H,27,37)(H,29,38)(H,40,41)(H,26,28,36)/b31-16-/t17?,21-/m1/s1. The van der Waals surface area contributed by atoms with Crippen LogP contribution in [0.1, 0.15) is 5.69 Å². The first kappa shape index (κ1) is 31.9. The molecule has 2 aliphatic heterocycles. The highest BCUT2D eigenvalue weighted by Gasteiger charge is 2.54. The minimum absolute atomic E-state index is 0.000668. The fourth-order valence-corrected chi connectivity index (χ4v) is 7.30. The van der Waals surface area contributed by atoms with Crippen LogP contribution in [-0.4, -0.2) is 101 Å². The van der Waals surface area contributed by atoms with Crippen molar-refractivity contribution in [1.29, 1.82) is 0 Å². The number of oxime groups is 1. The molecule has 1 saturated heterocycles. The van der Waals surface area contributed by atoms with E-state index < -0.39 is 41.7 Å². The summed E-state index contributed by atoms with van der Waals surface area (Å²) in [6, 6.07) is 5.35. The molecular weight excluding hydrogens is 672 g/mol. The quantitative estimate of drug-likeness (QED) is 0.0640. The van der Waals surface area contributed by atoms with Crippen molar-refractivity contribution < 1.29 is 33.9 Å². The van der Waals surface area contributed by atoms with Gasteiger partial charge in [0.1, 0.15) is 22.8 Å². The number of aryl methyl sites for hydroxylation is 1. The van der Waals surface area contributed by atoms with Gasteiger partial charge >= 0.3 is 5.97 Å². The van der Waals surface area contributed by atoms with Crippen molar-refractivity contribution in [3.8, 4) is 0 Å². The molecular formula is C24H21ClN10O7S3. The zero-order valence-electron chi connectivity index (χ0n) is 22.9. The molecule has 1 aromatic carbocycles. The number of benzene rings is 1. The molecule has 45 heavy (non-hydrogen) atoms. The number of anilines is 2. The first-order chi connectivity index (χ1) is 21.7. The van der Waals surface area contributed by atoms with E-state index in [4.69, 9.17) is 16.4 Å². The van der Waals surface area contributed by atoms with E-state index in [2.05, 4.69) is 41.6 Å². The van der Waals surface area contributed by atoms with Crippen molar-refractivity contribution >= 4 is 93.1 Å². The SMILES string of the molecule is Cn1nnnc1SCC1=C(C(=O)O)N2C(=O)C(NC(=O)/C(=N\OCC(=O)Nc3cccc(Cl)c3)c3csc(NC=O)n3)[C@H]2SC1. The molecule has 17 nitrogen and oxygen atoms in total. The van der Waals surface area contributed by atoms with Crippen molar-refractivity contribution in [2.24, 2.45) is 12.2 Å². The fourth-order valence-electron chi connectivity index (χ4n) is 4.12. The van der Waals surface area contributed by atoms with Crippen LogP contribution >= 0.6 is 46.5 Å². The zero-order valence-corrected chi connectivity index (χ0v) is 26.1. The maximum atomic E-state index is 13.4. The molecule has 0 radical (unpaired) electrons. The number of tetrazole rings is 1. The Kier molecular flexibility index (Phi) is 9.96. The van der Waals surface area contributed by atoms with Gasteiger partial charge in [0.2, 0.25) is 11.6 Å². The smallest absolute Gasteiger partial charge is 0.352 e. The number of nitrogens with zero attached hydrogens (tertiary/aromatic N) is 7. The van der Waals surface area contributed by atoms with Gasteiger partial charge in [-0.05, 0) is 34.2 Å². The molecule has 0 bridgehead atoms. The van der Waals surface area contributed by atoms with Crippen LogP contribution in [0.5, 0.6) is 0 Å². The average Bonchev–Trinajstić information content (AvgIpc) is 3.64. The van der Waals surface area contributed by atoms with E-state index in [0.29, 0.717) is 27.8 Å². The highest BCUT2D eigenvalue weighted by Crippen LogP contribution is 2.41. The summed E-state index contributed by atoms with van der Waals surface area (Å²) >= 11 is 9.44. The monoisotopic (exact) mass is 692 g/mol. The second kappa shape index (κ2) is 14.1. The highest BCUT2D eigenvalue weighted by atomic mass is 35.5. The van der Waals surface area contributed by atoms with E-state index in [-0.39, 0.29) is 33.7 Å². The number of amides is 4. The fraction of sp³-hybridized carbons (Fsp3) is 0.250. The predicted molar refractivity (Wildman–Crippen MR) is 164 cm³/mol. The number of nitrogens with one attached hydrogen (secondary N) is 3. The lowest BCUT2D eigenvalue weighted by atomic mass is 10.0. The van der Waals surface area contributed by atoms with E-state index >= 15 is 0 Å². The summed E-state index contributed by atoms with van der Waals surface area (Å²) in [6.07, 6.45) is 0.405. The molecule has 1 fully saturated rings. The molecule has 2 atom stereocenters. The third kappa shape index (κ3) is 7.24. The number of carbonyl (C=O) groups is 5. The van der Waals surface area contributed by atoms with Gasteiger partial charge in [-0.2, -0.15) is 0 Å². The summed E-state index contributed by atoms with van der Waals surface area (Å²) < 4.78 is 1.44. The molecule has 4 N–H and O–H groups in total. The lowest BCUT2D eigenvalue weighted by Crippen LogP contribution is -2.71. The molecule has 0 saturated carbocycles. The summed E-state index contributed by atoms with van der Waals surface area (Å²) in [7, 11) is 1.65. The molecule has 0 spiro atoms. The summed E-state index contributed by atoms with van der Waals surface area (Å²) in [4.78, 5) is 72.4. The predicted octanol–water partition coefficient (Wildman–Crippen LogP) is 0.779. The maximum Gasteiger partial charge on any atom is 0.352 e. The van der Waals surface area contributed by atoms with Gasteiger partial charge in [-0.25, -0.2) is 14.5 Å². The van der Waals surface area contributed by atoms with E-state index in [1.165, 1.54) is 39.7 Å². The van der Waals surface area contributed by atoms with Crippen molar-refractivity contribution in [1.82, 2.24) is 35.4 Å². The number of carbonyl (C=O) groups excluding carboxylic acids is 4. The van der Waals surface area contributed by atoms with Gasteiger partial charge in [0.25, 0.3) is 17.7 Å². The van der Waals surface area contributed by atoms with Gasteiger partial charge < -0.3 is 25.9 Å². The van der Waals surface area contributed by atoms with Crippen molar-refractivity contribution in [2.45, 2.75) is 16.6 Å². The summed E-state index contributed by atoms with van der Waals surface area (Å²) in [5.74, 6) is -2.87. The number of aromatic nitrogens is 5. The number of carboxylic acids is 1. The minimum atomic E-state index is -1.28. The van der Waals surface area contributed by atoms with E-state index in [1.807, 2.05) is 0 Å². The topological polar surface area (TPSA) is 223 Å². The third-order valence-electron chi connectivity index (χ3n) is 6.10. The van der Waals surface area contributed by atoms with Crippen LogP contribution in [0.3, 0.4) is 0 Å². The minimum Gasteiger partial charge on any atom is -0.477 e. The van der Waals surface area contributed by atoms with Crippen LogP contribution < -0.4 is 16.0 Å². The van der Waals surface area contributed by atoms with Gasteiger partial charge in [-0.15, -0.1) is 28.2 Å². The number of β-lactam (4-membered cyclic amide) rings is 1. The number of carboxylic acid groups (broad SMARTS) is 1. The normalized spacial score (nSPS) is 17.7. The molecule has 5 rings (SSSR count). The lowest BCUT2D eigenvalue weighted by Gasteiger charge is -2.49. The molecule has 1 unspecified atom stereocenters. The molecule has 21 heteroatoms.